The molecule has 1 aromatic carbocycles. The molecule has 0 radical (unpaired) electrons. The van der Waals surface area contributed by atoms with Crippen molar-refractivity contribution in [1.82, 2.24) is 0 Å². The molecule has 0 fully saturated rings. The summed E-state index contributed by atoms with van der Waals surface area (Å²) in [5, 5.41) is 0.647. The first-order chi connectivity index (χ1) is 8.49. The number of anilines is 1. The van der Waals surface area contributed by atoms with Gasteiger partial charge in [-0.1, -0.05) is 17.7 Å². The van der Waals surface area contributed by atoms with E-state index in [0.717, 1.165) is 11.3 Å². The molecule has 4 nitrogen and oxygen atoms in total. The molecular weight excluding hydrogens is 287 g/mol. The highest BCUT2D eigenvalue weighted by atomic mass is 35.5. The molecular formula is C13H20Cl2N2O2. The van der Waals surface area contributed by atoms with Crippen molar-refractivity contribution in [2.24, 2.45) is 5.73 Å². The van der Waals surface area contributed by atoms with Crippen LogP contribution in [0.1, 0.15) is 12.0 Å². The van der Waals surface area contributed by atoms with Gasteiger partial charge in [-0.05, 0) is 24.6 Å². The lowest BCUT2D eigenvalue weighted by molar-refractivity contribution is -0.120. The standard InChI is InChI=1S/C13H19ClN2O2.ClH/c1-9-4-5-10(6-12(9)14)16(2)13(17)7-11(8-15)18-3;/h4-6,11H,7-8,15H2,1-3H3;1H. The fraction of sp³-hybridized carbons (Fsp3) is 0.462. The largest absolute Gasteiger partial charge is 0.380 e. The molecule has 19 heavy (non-hydrogen) atoms. The highest BCUT2D eigenvalue weighted by Crippen LogP contribution is 2.23. The molecule has 108 valence electrons. The summed E-state index contributed by atoms with van der Waals surface area (Å²) in [6, 6.07) is 5.53. The van der Waals surface area contributed by atoms with Crippen LogP contribution in [0.5, 0.6) is 0 Å². The van der Waals surface area contributed by atoms with E-state index in [2.05, 4.69) is 0 Å². The molecule has 0 aliphatic rings. The molecule has 0 aromatic heterocycles. The van der Waals surface area contributed by atoms with Gasteiger partial charge in [0.25, 0.3) is 0 Å². The van der Waals surface area contributed by atoms with E-state index in [0.29, 0.717) is 11.6 Å². The number of rotatable bonds is 5. The SMILES string of the molecule is COC(CN)CC(=O)N(C)c1ccc(C)c(Cl)c1.Cl. The second-order valence-corrected chi connectivity index (χ2v) is 4.59. The summed E-state index contributed by atoms with van der Waals surface area (Å²) >= 11 is 6.04. The Kier molecular flexibility index (Phi) is 8.02. The number of amides is 1. The van der Waals surface area contributed by atoms with E-state index in [9.17, 15) is 4.79 Å². The molecule has 1 unspecified atom stereocenters. The molecule has 0 heterocycles. The van der Waals surface area contributed by atoms with E-state index < -0.39 is 0 Å². The average Bonchev–Trinajstić information content (AvgIpc) is 2.38. The Labute approximate surface area is 125 Å². The van der Waals surface area contributed by atoms with Gasteiger partial charge in [-0.2, -0.15) is 0 Å². The summed E-state index contributed by atoms with van der Waals surface area (Å²) in [6.07, 6.45) is 0.00973. The first-order valence-electron chi connectivity index (χ1n) is 5.75. The van der Waals surface area contributed by atoms with Crippen LogP contribution in [0, 0.1) is 6.92 Å². The summed E-state index contributed by atoms with van der Waals surface area (Å²) in [4.78, 5) is 13.6. The van der Waals surface area contributed by atoms with Crippen molar-refractivity contribution >= 4 is 35.6 Å². The number of benzene rings is 1. The Hall–Kier alpha value is -0.810. The number of carbonyl (C=O) groups excluding carboxylic acids is 1. The fourth-order valence-corrected chi connectivity index (χ4v) is 1.70. The number of methoxy groups -OCH3 is 1. The molecule has 1 amide bonds. The lowest BCUT2D eigenvalue weighted by Crippen LogP contribution is -2.33. The molecule has 0 aliphatic heterocycles. The van der Waals surface area contributed by atoms with Crippen molar-refractivity contribution in [3.63, 3.8) is 0 Å². The van der Waals surface area contributed by atoms with E-state index in [-0.39, 0.29) is 30.8 Å². The number of aryl methyl sites for hydroxylation is 1. The van der Waals surface area contributed by atoms with Gasteiger partial charge in [-0.15, -0.1) is 12.4 Å². The van der Waals surface area contributed by atoms with Crippen LogP contribution >= 0.6 is 24.0 Å². The van der Waals surface area contributed by atoms with E-state index in [1.807, 2.05) is 19.1 Å². The van der Waals surface area contributed by atoms with Crippen molar-refractivity contribution in [2.45, 2.75) is 19.4 Å². The highest BCUT2D eigenvalue weighted by molar-refractivity contribution is 6.31. The molecule has 0 bridgehead atoms. The van der Waals surface area contributed by atoms with Gasteiger partial charge < -0.3 is 15.4 Å². The van der Waals surface area contributed by atoms with Crippen LogP contribution in [-0.4, -0.2) is 32.7 Å². The molecule has 6 heteroatoms. The Morgan fingerprint density at radius 3 is 2.63 bits per heavy atom. The van der Waals surface area contributed by atoms with Gasteiger partial charge in [-0.25, -0.2) is 0 Å². The normalized spacial score (nSPS) is 11.6. The monoisotopic (exact) mass is 306 g/mol. The summed E-state index contributed by atoms with van der Waals surface area (Å²) in [7, 11) is 3.26. The Morgan fingerprint density at radius 1 is 1.53 bits per heavy atom. The van der Waals surface area contributed by atoms with Crippen molar-refractivity contribution < 1.29 is 9.53 Å². The zero-order valence-corrected chi connectivity index (χ0v) is 12.9. The highest BCUT2D eigenvalue weighted by Gasteiger charge is 2.16. The summed E-state index contributed by atoms with van der Waals surface area (Å²) in [5.74, 6) is -0.0489. The zero-order chi connectivity index (χ0) is 13.7. The molecule has 0 aliphatic carbocycles. The van der Waals surface area contributed by atoms with Crippen molar-refractivity contribution in [1.29, 1.82) is 0 Å². The average molecular weight is 307 g/mol. The second kappa shape index (κ2) is 8.38. The van der Waals surface area contributed by atoms with Crippen LogP contribution in [0.3, 0.4) is 0 Å². The van der Waals surface area contributed by atoms with Crippen molar-refractivity contribution in [3.05, 3.63) is 28.8 Å². The number of ether oxygens (including phenoxy) is 1. The fourth-order valence-electron chi connectivity index (χ4n) is 1.53. The molecule has 2 N–H and O–H groups in total. The number of nitrogens with zero attached hydrogens (tertiary/aromatic N) is 1. The molecule has 1 aromatic rings. The smallest absolute Gasteiger partial charge is 0.229 e. The molecule has 0 saturated carbocycles. The first-order valence-corrected chi connectivity index (χ1v) is 6.13. The molecule has 1 rings (SSSR count). The maximum absolute atomic E-state index is 12.0. The van der Waals surface area contributed by atoms with Gasteiger partial charge in [0.2, 0.25) is 5.91 Å². The summed E-state index contributed by atoms with van der Waals surface area (Å²) < 4.78 is 5.10. The van der Waals surface area contributed by atoms with Crippen LogP contribution < -0.4 is 10.6 Å². The maximum atomic E-state index is 12.0. The number of nitrogens with two attached hydrogens (primary N) is 1. The minimum atomic E-state index is -0.249. The van der Waals surface area contributed by atoms with Gasteiger partial charge >= 0.3 is 0 Å². The predicted octanol–water partition coefficient (Wildman–Crippen LogP) is 2.40. The molecule has 1 atom stereocenters. The van der Waals surface area contributed by atoms with E-state index in [4.69, 9.17) is 22.1 Å². The number of halogens is 2. The van der Waals surface area contributed by atoms with Crippen molar-refractivity contribution in [3.8, 4) is 0 Å². The predicted molar refractivity (Wildman–Crippen MR) is 81.3 cm³/mol. The van der Waals surface area contributed by atoms with Gasteiger partial charge in [0, 0.05) is 31.4 Å². The van der Waals surface area contributed by atoms with Gasteiger partial charge in [0.1, 0.15) is 0 Å². The third kappa shape index (κ3) is 4.99. The molecule has 0 spiro atoms. The van der Waals surface area contributed by atoms with Crippen molar-refractivity contribution in [2.75, 3.05) is 25.6 Å². The minimum Gasteiger partial charge on any atom is -0.380 e. The Morgan fingerprint density at radius 2 is 2.16 bits per heavy atom. The van der Waals surface area contributed by atoms with Crippen LogP contribution in [0.25, 0.3) is 0 Å². The van der Waals surface area contributed by atoms with Gasteiger partial charge in [0.05, 0.1) is 12.5 Å². The first kappa shape index (κ1) is 18.2. The van der Waals surface area contributed by atoms with Crippen LogP contribution in [0.4, 0.5) is 5.69 Å². The number of hydrogen-bond donors (Lipinski definition) is 1. The quantitative estimate of drug-likeness (QED) is 0.909. The number of carbonyl (C=O) groups is 1. The van der Waals surface area contributed by atoms with Gasteiger partial charge in [0.15, 0.2) is 0 Å². The lowest BCUT2D eigenvalue weighted by atomic mass is 10.2. The third-order valence-corrected chi connectivity index (χ3v) is 3.32. The Balaban J connectivity index is 0.00000324. The molecule has 0 saturated heterocycles. The lowest BCUT2D eigenvalue weighted by Gasteiger charge is -2.20. The minimum absolute atomic E-state index is 0. The van der Waals surface area contributed by atoms with E-state index in [1.165, 1.54) is 0 Å². The second-order valence-electron chi connectivity index (χ2n) is 4.18. The zero-order valence-electron chi connectivity index (χ0n) is 11.4. The van der Waals surface area contributed by atoms with E-state index in [1.54, 1.807) is 25.1 Å². The van der Waals surface area contributed by atoms with Gasteiger partial charge in [-0.3, -0.25) is 4.79 Å². The van der Waals surface area contributed by atoms with Crippen LogP contribution in [0.15, 0.2) is 18.2 Å². The van der Waals surface area contributed by atoms with Crippen LogP contribution in [-0.2, 0) is 9.53 Å². The summed E-state index contributed by atoms with van der Waals surface area (Å²) in [6.45, 7) is 2.24. The number of hydrogen-bond acceptors (Lipinski definition) is 3. The summed E-state index contributed by atoms with van der Waals surface area (Å²) in [5.41, 5.74) is 7.25. The maximum Gasteiger partial charge on any atom is 0.229 e. The third-order valence-electron chi connectivity index (χ3n) is 2.92. The Bertz CT molecular complexity index is 423. The van der Waals surface area contributed by atoms with Crippen LogP contribution in [0.2, 0.25) is 5.02 Å². The topological polar surface area (TPSA) is 55.6 Å². The van der Waals surface area contributed by atoms with E-state index >= 15 is 0 Å².